The molecule has 1 aliphatic heterocycles. The topological polar surface area (TPSA) is 19.0 Å². The van der Waals surface area contributed by atoms with E-state index in [9.17, 15) is 0 Å². The highest BCUT2D eigenvalue weighted by atomic mass is 15.2. The molecule has 22 heavy (non-hydrogen) atoms. The fourth-order valence-corrected chi connectivity index (χ4v) is 3.62. The molecule has 1 aromatic heterocycles. The van der Waals surface area contributed by atoms with Gasteiger partial charge in [0.05, 0.1) is 0 Å². The SMILES string of the molecule is C[C@@H]1Cc2c([nH]c3ccccc23)CN1CCc1ccccc1. The van der Waals surface area contributed by atoms with Crippen LogP contribution in [0.3, 0.4) is 0 Å². The van der Waals surface area contributed by atoms with Crippen LogP contribution in [-0.2, 0) is 19.4 Å². The van der Waals surface area contributed by atoms with Gasteiger partial charge in [-0.3, -0.25) is 4.90 Å². The molecule has 0 unspecified atom stereocenters. The summed E-state index contributed by atoms with van der Waals surface area (Å²) < 4.78 is 0. The van der Waals surface area contributed by atoms with Crippen LogP contribution in [0, 0.1) is 0 Å². The van der Waals surface area contributed by atoms with Gasteiger partial charge in [0.25, 0.3) is 0 Å². The summed E-state index contributed by atoms with van der Waals surface area (Å²) in [6, 6.07) is 20.1. The number of aromatic nitrogens is 1. The standard InChI is InChI=1S/C20H22N2/c1-15-13-18-17-9-5-6-10-19(17)21-20(18)14-22(15)12-11-16-7-3-2-4-8-16/h2-10,15,21H,11-14H2,1H3/t15-/m1/s1. The van der Waals surface area contributed by atoms with Crippen LogP contribution in [0.25, 0.3) is 10.9 Å². The first-order chi connectivity index (χ1) is 10.8. The molecule has 1 atom stereocenters. The maximum atomic E-state index is 3.62. The largest absolute Gasteiger partial charge is 0.357 e. The van der Waals surface area contributed by atoms with Gasteiger partial charge in [-0.1, -0.05) is 48.5 Å². The lowest BCUT2D eigenvalue weighted by Crippen LogP contribution is -2.39. The van der Waals surface area contributed by atoms with Gasteiger partial charge in [0.1, 0.15) is 0 Å². The molecule has 0 radical (unpaired) electrons. The van der Waals surface area contributed by atoms with Gasteiger partial charge in [0, 0.05) is 35.7 Å². The average molecular weight is 290 g/mol. The van der Waals surface area contributed by atoms with E-state index in [2.05, 4.69) is 71.4 Å². The zero-order chi connectivity index (χ0) is 14.9. The van der Waals surface area contributed by atoms with E-state index in [4.69, 9.17) is 0 Å². The maximum absolute atomic E-state index is 3.62. The zero-order valence-electron chi connectivity index (χ0n) is 13.0. The summed E-state index contributed by atoms with van der Waals surface area (Å²) in [4.78, 5) is 6.22. The van der Waals surface area contributed by atoms with Gasteiger partial charge >= 0.3 is 0 Å². The number of hydrogen-bond donors (Lipinski definition) is 1. The Labute approximate surface area is 131 Å². The van der Waals surface area contributed by atoms with Crippen LogP contribution in [-0.4, -0.2) is 22.5 Å². The molecule has 4 rings (SSSR count). The van der Waals surface area contributed by atoms with E-state index in [1.54, 1.807) is 0 Å². The van der Waals surface area contributed by atoms with E-state index in [0.29, 0.717) is 6.04 Å². The molecule has 0 spiro atoms. The number of H-pyrrole nitrogens is 1. The van der Waals surface area contributed by atoms with Crippen molar-refractivity contribution in [2.45, 2.75) is 32.4 Å². The van der Waals surface area contributed by atoms with Crippen molar-refractivity contribution >= 4 is 10.9 Å². The normalized spacial score (nSPS) is 18.5. The molecule has 0 aliphatic carbocycles. The summed E-state index contributed by atoms with van der Waals surface area (Å²) in [5.74, 6) is 0. The minimum atomic E-state index is 0.607. The monoisotopic (exact) mass is 290 g/mol. The fraction of sp³-hybridized carbons (Fsp3) is 0.300. The van der Waals surface area contributed by atoms with Crippen LogP contribution in [0.2, 0.25) is 0 Å². The average Bonchev–Trinajstić information content (AvgIpc) is 2.91. The van der Waals surface area contributed by atoms with Crippen LogP contribution >= 0.6 is 0 Å². The molecule has 0 bridgehead atoms. The van der Waals surface area contributed by atoms with Crippen molar-refractivity contribution in [3.8, 4) is 0 Å². The van der Waals surface area contributed by atoms with Crippen LogP contribution in [0.1, 0.15) is 23.7 Å². The predicted molar refractivity (Wildman–Crippen MR) is 92.0 cm³/mol. The van der Waals surface area contributed by atoms with Crippen LogP contribution in [0.5, 0.6) is 0 Å². The molecule has 3 aromatic rings. The summed E-state index contributed by atoms with van der Waals surface area (Å²) in [6.45, 7) is 4.52. The Balaban J connectivity index is 1.54. The first kappa shape index (κ1) is 13.6. The van der Waals surface area contributed by atoms with Crippen molar-refractivity contribution in [2.24, 2.45) is 0 Å². The van der Waals surface area contributed by atoms with E-state index in [0.717, 1.165) is 25.9 Å². The van der Waals surface area contributed by atoms with Crippen molar-refractivity contribution < 1.29 is 0 Å². The molecule has 1 aliphatic rings. The Morgan fingerprint density at radius 3 is 2.68 bits per heavy atom. The third kappa shape index (κ3) is 2.44. The van der Waals surface area contributed by atoms with E-state index in [1.165, 1.54) is 27.7 Å². The molecule has 112 valence electrons. The van der Waals surface area contributed by atoms with Crippen molar-refractivity contribution in [3.63, 3.8) is 0 Å². The number of nitrogens with zero attached hydrogens (tertiary/aromatic N) is 1. The van der Waals surface area contributed by atoms with Crippen LogP contribution in [0.15, 0.2) is 54.6 Å². The summed E-state index contributed by atoms with van der Waals surface area (Å²) in [7, 11) is 0. The number of rotatable bonds is 3. The van der Waals surface area contributed by atoms with Crippen LogP contribution < -0.4 is 0 Å². The number of hydrogen-bond acceptors (Lipinski definition) is 1. The summed E-state index contributed by atoms with van der Waals surface area (Å²) in [5, 5.41) is 1.41. The molecule has 0 saturated carbocycles. The number of para-hydroxylation sites is 1. The van der Waals surface area contributed by atoms with Gasteiger partial charge in [0.2, 0.25) is 0 Å². The molecule has 0 amide bonds. The van der Waals surface area contributed by atoms with Crippen molar-refractivity contribution in [2.75, 3.05) is 6.54 Å². The second kappa shape index (κ2) is 5.62. The van der Waals surface area contributed by atoms with E-state index < -0.39 is 0 Å². The molecule has 2 heterocycles. The minimum Gasteiger partial charge on any atom is -0.357 e. The highest BCUT2D eigenvalue weighted by Gasteiger charge is 2.25. The van der Waals surface area contributed by atoms with E-state index in [-0.39, 0.29) is 0 Å². The number of nitrogens with one attached hydrogen (secondary N) is 1. The van der Waals surface area contributed by atoms with Gasteiger partial charge < -0.3 is 4.98 Å². The second-order valence-corrected chi connectivity index (χ2v) is 6.39. The fourth-order valence-electron chi connectivity index (χ4n) is 3.62. The minimum absolute atomic E-state index is 0.607. The lowest BCUT2D eigenvalue weighted by Gasteiger charge is -2.33. The van der Waals surface area contributed by atoms with Crippen molar-refractivity contribution in [1.82, 2.24) is 9.88 Å². The molecule has 2 heteroatoms. The molecule has 1 N–H and O–H groups in total. The number of benzene rings is 2. The Morgan fingerprint density at radius 2 is 1.82 bits per heavy atom. The maximum Gasteiger partial charge on any atom is 0.0459 e. The first-order valence-electron chi connectivity index (χ1n) is 8.17. The number of aromatic amines is 1. The Kier molecular flexibility index (Phi) is 3.47. The van der Waals surface area contributed by atoms with Crippen molar-refractivity contribution in [3.05, 3.63) is 71.4 Å². The quantitative estimate of drug-likeness (QED) is 0.767. The lowest BCUT2D eigenvalue weighted by molar-refractivity contribution is 0.185. The summed E-state index contributed by atoms with van der Waals surface area (Å²) >= 11 is 0. The zero-order valence-corrected chi connectivity index (χ0v) is 13.0. The third-order valence-corrected chi connectivity index (χ3v) is 4.92. The molecule has 2 nitrogen and oxygen atoms in total. The lowest BCUT2D eigenvalue weighted by atomic mass is 9.97. The molecule has 0 saturated heterocycles. The van der Waals surface area contributed by atoms with Crippen molar-refractivity contribution in [1.29, 1.82) is 0 Å². The van der Waals surface area contributed by atoms with E-state index in [1.807, 2.05) is 0 Å². The van der Waals surface area contributed by atoms with Gasteiger partial charge in [-0.15, -0.1) is 0 Å². The van der Waals surface area contributed by atoms with Gasteiger partial charge in [-0.2, -0.15) is 0 Å². The molecule has 2 aromatic carbocycles. The summed E-state index contributed by atoms with van der Waals surface area (Å²) in [6.07, 6.45) is 2.27. The molecular weight excluding hydrogens is 268 g/mol. The Hall–Kier alpha value is -2.06. The highest BCUT2D eigenvalue weighted by molar-refractivity contribution is 5.84. The Morgan fingerprint density at radius 1 is 1.05 bits per heavy atom. The van der Waals surface area contributed by atoms with Gasteiger partial charge in [-0.25, -0.2) is 0 Å². The highest BCUT2D eigenvalue weighted by Crippen LogP contribution is 2.30. The Bertz CT molecular complexity index is 773. The predicted octanol–water partition coefficient (Wildman–Crippen LogP) is 4.16. The second-order valence-electron chi connectivity index (χ2n) is 6.39. The molecule has 0 fully saturated rings. The molecular formula is C20H22N2. The van der Waals surface area contributed by atoms with Crippen LogP contribution in [0.4, 0.5) is 0 Å². The third-order valence-electron chi connectivity index (χ3n) is 4.92. The smallest absolute Gasteiger partial charge is 0.0459 e. The van der Waals surface area contributed by atoms with E-state index >= 15 is 0 Å². The van der Waals surface area contributed by atoms with Gasteiger partial charge in [-0.05, 0) is 37.0 Å². The summed E-state index contributed by atoms with van der Waals surface area (Å²) in [5.41, 5.74) is 5.65. The number of fused-ring (bicyclic) bond motifs is 3. The van der Waals surface area contributed by atoms with Gasteiger partial charge in [0.15, 0.2) is 0 Å². The first-order valence-corrected chi connectivity index (χ1v) is 8.17.